The Morgan fingerprint density at radius 1 is 1.18 bits per heavy atom. The Balaban J connectivity index is 1.26. The number of nitriles is 1. The summed E-state index contributed by atoms with van der Waals surface area (Å²) in [5.41, 5.74) is 2.07. The molecule has 4 heterocycles. The van der Waals surface area contributed by atoms with E-state index in [0.717, 1.165) is 60.8 Å². The molecule has 0 aromatic carbocycles. The Kier molecular flexibility index (Phi) is 4.82. The SMILES string of the molecule is N#CC[C@]1(n2cc(-c3ncnc4[nH]ccc34)cn2)C[C@H]2CN(S(=O)(=O)C3CCCC3)C[C@H]2C1. The largest absolute Gasteiger partial charge is 0.346 e. The van der Waals surface area contributed by atoms with E-state index in [-0.39, 0.29) is 17.1 Å². The second-order valence-electron chi connectivity index (χ2n) is 9.89. The van der Waals surface area contributed by atoms with Crippen molar-refractivity contribution in [1.82, 2.24) is 29.0 Å². The molecule has 10 heteroatoms. The zero-order valence-electron chi connectivity index (χ0n) is 18.4. The molecule has 0 radical (unpaired) electrons. The number of aromatic nitrogens is 5. The number of nitrogens with zero attached hydrogens (tertiary/aromatic N) is 6. The normalized spacial score (nSPS) is 28.5. The number of rotatable bonds is 5. The molecule has 0 spiro atoms. The van der Waals surface area contributed by atoms with Gasteiger partial charge < -0.3 is 4.98 Å². The second-order valence-corrected chi connectivity index (χ2v) is 12.1. The summed E-state index contributed by atoms with van der Waals surface area (Å²) in [5, 5.41) is 15.1. The summed E-state index contributed by atoms with van der Waals surface area (Å²) in [6, 6.07) is 4.33. The lowest BCUT2D eigenvalue weighted by Gasteiger charge is -2.30. The van der Waals surface area contributed by atoms with Gasteiger partial charge in [0.1, 0.15) is 12.0 Å². The van der Waals surface area contributed by atoms with Crippen LogP contribution in [0.2, 0.25) is 0 Å². The molecule has 0 unspecified atom stereocenters. The summed E-state index contributed by atoms with van der Waals surface area (Å²) < 4.78 is 29.9. The van der Waals surface area contributed by atoms with Gasteiger partial charge in [0.05, 0.1) is 35.2 Å². The predicted octanol–water partition coefficient (Wildman–Crippen LogP) is 3.04. The molecule has 9 nitrogen and oxygen atoms in total. The zero-order chi connectivity index (χ0) is 22.6. The second kappa shape index (κ2) is 7.64. The molecule has 1 N–H and O–H groups in total. The fourth-order valence-corrected chi connectivity index (χ4v) is 8.54. The molecule has 3 aromatic heterocycles. The minimum Gasteiger partial charge on any atom is -0.346 e. The maximum atomic E-state index is 13.1. The van der Waals surface area contributed by atoms with Gasteiger partial charge in [0, 0.05) is 36.4 Å². The lowest BCUT2D eigenvalue weighted by Crippen LogP contribution is -2.39. The van der Waals surface area contributed by atoms with Crippen LogP contribution in [-0.2, 0) is 15.6 Å². The topological polar surface area (TPSA) is 121 Å². The van der Waals surface area contributed by atoms with Crippen LogP contribution in [0, 0.1) is 23.2 Å². The standard InChI is InChI=1S/C23H27N7O2S/c24-7-6-23(30-14-18(11-28-30)21-20-5-8-25-22(20)27-15-26-21)9-16-12-29(13-17(16)10-23)33(31,32)19-3-1-2-4-19/h5,8,11,14-17,19H,1-4,6,9-10,12-13H2,(H,25,26,27)/t16-,17+,23-. The molecular weight excluding hydrogens is 438 g/mol. The van der Waals surface area contributed by atoms with Gasteiger partial charge in [-0.15, -0.1) is 0 Å². The number of hydrogen-bond donors (Lipinski definition) is 1. The average Bonchev–Trinajstić information content (AvgIpc) is 3.61. The molecule has 0 bridgehead atoms. The first kappa shape index (κ1) is 20.8. The number of sulfonamides is 1. The summed E-state index contributed by atoms with van der Waals surface area (Å²) >= 11 is 0. The number of fused-ring (bicyclic) bond motifs is 2. The van der Waals surface area contributed by atoms with Gasteiger partial charge in [-0.05, 0) is 43.6 Å². The molecule has 2 saturated carbocycles. The monoisotopic (exact) mass is 465 g/mol. The van der Waals surface area contributed by atoms with Gasteiger partial charge in [-0.2, -0.15) is 10.4 Å². The fraction of sp³-hybridized carbons (Fsp3) is 0.565. The Bertz CT molecular complexity index is 1320. The number of hydrogen-bond acceptors (Lipinski definition) is 6. The molecule has 172 valence electrons. The van der Waals surface area contributed by atoms with Gasteiger partial charge in [0.15, 0.2) is 0 Å². The van der Waals surface area contributed by atoms with E-state index in [0.29, 0.717) is 19.5 Å². The molecule has 3 aliphatic rings. The maximum Gasteiger partial charge on any atom is 0.216 e. The highest BCUT2D eigenvalue weighted by Crippen LogP contribution is 2.50. The number of aromatic amines is 1. The van der Waals surface area contributed by atoms with Crippen LogP contribution in [0.15, 0.2) is 31.0 Å². The molecule has 0 amide bonds. The van der Waals surface area contributed by atoms with Crippen LogP contribution in [0.3, 0.4) is 0 Å². The third kappa shape index (κ3) is 3.28. The first-order valence-electron chi connectivity index (χ1n) is 11.7. The summed E-state index contributed by atoms with van der Waals surface area (Å²) in [7, 11) is -3.21. The highest BCUT2D eigenvalue weighted by molar-refractivity contribution is 7.89. The zero-order valence-corrected chi connectivity index (χ0v) is 19.2. The van der Waals surface area contributed by atoms with Crippen molar-refractivity contribution in [3.8, 4) is 17.3 Å². The van der Waals surface area contributed by atoms with Gasteiger partial charge in [0.2, 0.25) is 10.0 Å². The Hall–Kier alpha value is -2.77. The third-order valence-electron chi connectivity index (χ3n) is 8.01. The van der Waals surface area contributed by atoms with Crippen LogP contribution in [0.25, 0.3) is 22.3 Å². The van der Waals surface area contributed by atoms with Crippen molar-refractivity contribution in [2.24, 2.45) is 11.8 Å². The van der Waals surface area contributed by atoms with E-state index in [4.69, 9.17) is 0 Å². The lowest BCUT2D eigenvalue weighted by molar-refractivity contribution is 0.240. The van der Waals surface area contributed by atoms with Crippen molar-refractivity contribution < 1.29 is 8.42 Å². The van der Waals surface area contributed by atoms with E-state index in [1.807, 2.05) is 23.1 Å². The van der Waals surface area contributed by atoms with E-state index in [2.05, 4.69) is 26.1 Å². The van der Waals surface area contributed by atoms with Gasteiger partial charge in [-0.3, -0.25) is 4.68 Å². The van der Waals surface area contributed by atoms with Crippen LogP contribution >= 0.6 is 0 Å². The van der Waals surface area contributed by atoms with Gasteiger partial charge in [-0.1, -0.05) is 12.8 Å². The van der Waals surface area contributed by atoms with Crippen molar-refractivity contribution in [3.63, 3.8) is 0 Å². The van der Waals surface area contributed by atoms with E-state index in [1.54, 1.807) is 10.5 Å². The van der Waals surface area contributed by atoms with E-state index in [1.165, 1.54) is 6.33 Å². The van der Waals surface area contributed by atoms with Crippen molar-refractivity contribution in [2.45, 2.75) is 55.7 Å². The Labute approximate surface area is 192 Å². The molecule has 3 fully saturated rings. The Morgan fingerprint density at radius 2 is 1.94 bits per heavy atom. The molecule has 3 atom stereocenters. The average molecular weight is 466 g/mol. The minimum atomic E-state index is -3.21. The van der Waals surface area contributed by atoms with Crippen LogP contribution in [0.4, 0.5) is 0 Å². The van der Waals surface area contributed by atoms with Crippen molar-refractivity contribution in [1.29, 1.82) is 5.26 Å². The predicted molar refractivity (Wildman–Crippen MR) is 122 cm³/mol. The summed E-state index contributed by atoms with van der Waals surface area (Å²) in [6.07, 6.45) is 12.7. The van der Waals surface area contributed by atoms with Crippen LogP contribution in [0.1, 0.15) is 44.9 Å². The van der Waals surface area contributed by atoms with Crippen LogP contribution in [0.5, 0.6) is 0 Å². The molecular formula is C23H27N7O2S. The van der Waals surface area contributed by atoms with Gasteiger partial charge in [-0.25, -0.2) is 22.7 Å². The smallest absolute Gasteiger partial charge is 0.216 e. The van der Waals surface area contributed by atoms with Crippen molar-refractivity contribution in [3.05, 3.63) is 31.0 Å². The summed E-state index contributed by atoms with van der Waals surface area (Å²) in [6.45, 7) is 1.14. The van der Waals surface area contributed by atoms with E-state index >= 15 is 0 Å². The molecule has 1 aliphatic heterocycles. The third-order valence-corrected chi connectivity index (χ3v) is 10.3. The van der Waals surface area contributed by atoms with Crippen molar-refractivity contribution >= 4 is 21.1 Å². The molecule has 1 saturated heterocycles. The quantitative estimate of drug-likeness (QED) is 0.618. The van der Waals surface area contributed by atoms with Gasteiger partial charge >= 0.3 is 0 Å². The lowest BCUT2D eigenvalue weighted by atomic mass is 9.92. The van der Waals surface area contributed by atoms with Gasteiger partial charge in [0.25, 0.3) is 0 Å². The minimum absolute atomic E-state index is 0.202. The number of H-pyrrole nitrogens is 1. The Morgan fingerprint density at radius 3 is 2.67 bits per heavy atom. The molecule has 6 rings (SSSR count). The fourth-order valence-electron chi connectivity index (χ4n) is 6.39. The highest BCUT2D eigenvalue weighted by Gasteiger charge is 2.53. The highest BCUT2D eigenvalue weighted by atomic mass is 32.2. The van der Waals surface area contributed by atoms with Crippen LogP contribution in [-0.4, -0.2) is 55.8 Å². The summed E-state index contributed by atoms with van der Waals surface area (Å²) in [5.74, 6) is 0.523. The maximum absolute atomic E-state index is 13.1. The van der Waals surface area contributed by atoms with E-state index in [9.17, 15) is 13.7 Å². The molecule has 2 aliphatic carbocycles. The van der Waals surface area contributed by atoms with Crippen molar-refractivity contribution in [2.75, 3.05) is 13.1 Å². The van der Waals surface area contributed by atoms with Crippen LogP contribution < -0.4 is 0 Å². The van der Waals surface area contributed by atoms with E-state index < -0.39 is 15.6 Å². The first-order chi connectivity index (χ1) is 16.0. The molecule has 33 heavy (non-hydrogen) atoms. The molecule has 3 aromatic rings. The first-order valence-corrected chi connectivity index (χ1v) is 13.2. The number of nitrogens with one attached hydrogen (secondary N) is 1. The summed E-state index contributed by atoms with van der Waals surface area (Å²) in [4.78, 5) is 11.8.